The molecule has 0 fully saturated rings. The van der Waals surface area contributed by atoms with Crippen LogP contribution in [0.25, 0.3) is 65.8 Å². The molecule has 4 nitrogen and oxygen atoms in total. The van der Waals surface area contributed by atoms with Crippen molar-refractivity contribution in [2.75, 3.05) is 0 Å². The minimum absolute atomic E-state index is 0.473. The Labute approximate surface area is 229 Å². The summed E-state index contributed by atoms with van der Waals surface area (Å²) < 4.78 is 4.43. The number of fused-ring (bicyclic) bond motifs is 8. The third kappa shape index (κ3) is 2.93. The van der Waals surface area contributed by atoms with Gasteiger partial charge in [0.2, 0.25) is 0 Å². The summed E-state index contributed by atoms with van der Waals surface area (Å²) in [7, 11) is 0. The lowest BCUT2D eigenvalue weighted by Crippen LogP contribution is -2.01. The number of nitrogens with zero attached hydrogens (tertiary/aromatic N) is 4. The molecule has 40 heavy (non-hydrogen) atoms. The molecule has 184 valence electrons. The van der Waals surface area contributed by atoms with Gasteiger partial charge in [0, 0.05) is 27.2 Å². The Bertz CT molecular complexity index is 2370. The first-order valence-corrected chi connectivity index (χ1v) is 13.2. The van der Waals surface area contributed by atoms with E-state index in [4.69, 9.17) is 0 Å². The Hall–Kier alpha value is -5.84. The number of benzene rings is 6. The van der Waals surface area contributed by atoms with Gasteiger partial charge in [-0.15, -0.1) is 0 Å². The molecule has 0 saturated carbocycles. The maximum absolute atomic E-state index is 10.0. The van der Waals surface area contributed by atoms with Gasteiger partial charge in [-0.25, -0.2) is 0 Å². The van der Waals surface area contributed by atoms with Crippen LogP contribution in [0, 0.1) is 22.7 Å². The lowest BCUT2D eigenvalue weighted by atomic mass is 10.1. The summed E-state index contributed by atoms with van der Waals surface area (Å²) in [5.74, 6) is 0. The molecule has 0 spiro atoms. The van der Waals surface area contributed by atoms with Gasteiger partial charge in [-0.2, -0.15) is 10.5 Å². The van der Waals surface area contributed by atoms with Crippen LogP contribution in [-0.4, -0.2) is 9.13 Å². The molecule has 0 bridgehead atoms. The number of hydrogen-bond acceptors (Lipinski definition) is 2. The van der Waals surface area contributed by atoms with Crippen molar-refractivity contribution in [1.82, 2.24) is 9.13 Å². The SMILES string of the molecule is N#Cc1cccc(C#N)c1-n1c2ccccc2c2c3c4ccccc4n(-c4ccc5ccccc5c4)c3ccc21. The monoisotopic (exact) mass is 508 g/mol. The van der Waals surface area contributed by atoms with Crippen molar-refractivity contribution in [2.24, 2.45) is 0 Å². The van der Waals surface area contributed by atoms with Crippen molar-refractivity contribution in [3.05, 3.63) is 132 Å². The van der Waals surface area contributed by atoms with E-state index in [1.54, 1.807) is 18.2 Å². The normalized spacial score (nSPS) is 11.4. The van der Waals surface area contributed by atoms with Crippen LogP contribution in [0.1, 0.15) is 11.1 Å². The van der Waals surface area contributed by atoms with Gasteiger partial charge in [-0.1, -0.05) is 72.8 Å². The molecule has 0 aliphatic heterocycles. The number of nitriles is 2. The summed E-state index contributed by atoms with van der Waals surface area (Å²) in [6.07, 6.45) is 0. The minimum atomic E-state index is 0.473. The molecule has 0 atom stereocenters. The van der Waals surface area contributed by atoms with E-state index in [9.17, 15) is 10.5 Å². The summed E-state index contributed by atoms with van der Waals surface area (Å²) >= 11 is 0. The Morgan fingerprint density at radius 3 is 1.65 bits per heavy atom. The highest BCUT2D eigenvalue weighted by Gasteiger charge is 2.22. The molecule has 0 amide bonds. The number of para-hydroxylation sites is 3. The molecule has 2 aromatic heterocycles. The second-order valence-corrected chi connectivity index (χ2v) is 10.0. The molecule has 0 unspecified atom stereocenters. The van der Waals surface area contributed by atoms with Crippen molar-refractivity contribution < 1.29 is 0 Å². The quantitative estimate of drug-likeness (QED) is 0.234. The topological polar surface area (TPSA) is 57.4 Å². The first-order valence-electron chi connectivity index (χ1n) is 13.2. The van der Waals surface area contributed by atoms with Crippen LogP contribution in [0.5, 0.6) is 0 Å². The highest BCUT2D eigenvalue weighted by atomic mass is 15.0. The lowest BCUT2D eigenvalue weighted by Gasteiger charge is -2.12. The van der Waals surface area contributed by atoms with E-state index in [0.29, 0.717) is 16.8 Å². The highest BCUT2D eigenvalue weighted by molar-refractivity contribution is 6.29. The van der Waals surface area contributed by atoms with E-state index in [2.05, 4.69) is 118 Å². The van der Waals surface area contributed by atoms with Crippen LogP contribution >= 0.6 is 0 Å². The average molecular weight is 509 g/mol. The molecule has 0 saturated heterocycles. The summed E-state index contributed by atoms with van der Waals surface area (Å²) in [4.78, 5) is 0. The molecule has 0 aliphatic rings. The van der Waals surface area contributed by atoms with Gasteiger partial charge in [0.1, 0.15) is 12.1 Å². The van der Waals surface area contributed by atoms with Gasteiger partial charge < -0.3 is 9.13 Å². The Kier molecular flexibility index (Phi) is 4.62. The van der Waals surface area contributed by atoms with Crippen molar-refractivity contribution in [1.29, 1.82) is 10.5 Å². The number of hydrogen-bond donors (Lipinski definition) is 0. The summed E-state index contributed by atoms with van der Waals surface area (Å²) in [5, 5.41) is 27.0. The van der Waals surface area contributed by atoms with Crippen LogP contribution in [0.2, 0.25) is 0 Å². The smallest absolute Gasteiger partial charge is 0.101 e. The van der Waals surface area contributed by atoms with Crippen LogP contribution in [0.4, 0.5) is 0 Å². The number of rotatable bonds is 2. The maximum atomic E-state index is 10.0. The zero-order valence-electron chi connectivity index (χ0n) is 21.3. The zero-order valence-corrected chi connectivity index (χ0v) is 21.3. The largest absolute Gasteiger partial charge is 0.309 e. The fourth-order valence-corrected chi connectivity index (χ4v) is 6.32. The summed E-state index contributed by atoms with van der Waals surface area (Å²) in [6.45, 7) is 0. The Morgan fingerprint density at radius 1 is 0.450 bits per heavy atom. The van der Waals surface area contributed by atoms with E-state index >= 15 is 0 Å². The number of aromatic nitrogens is 2. The van der Waals surface area contributed by atoms with Crippen molar-refractivity contribution in [3.63, 3.8) is 0 Å². The molecular formula is C36H20N4. The van der Waals surface area contributed by atoms with Gasteiger partial charge in [0.15, 0.2) is 0 Å². The van der Waals surface area contributed by atoms with Gasteiger partial charge in [-0.05, 0) is 59.3 Å². The molecule has 0 aliphatic carbocycles. The second-order valence-electron chi connectivity index (χ2n) is 10.0. The molecule has 8 aromatic rings. The molecule has 6 aromatic carbocycles. The average Bonchev–Trinajstić information content (AvgIpc) is 3.53. The van der Waals surface area contributed by atoms with Crippen LogP contribution in [0.15, 0.2) is 121 Å². The minimum Gasteiger partial charge on any atom is -0.309 e. The first kappa shape index (κ1) is 22.2. The van der Waals surface area contributed by atoms with Gasteiger partial charge in [0.05, 0.1) is 38.9 Å². The predicted molar refractivity (Wildman–Crippen MR) is 162 cm³/mol. The summed E-state index contributed by atoms with van der Waals surface area (Å²) in [6, 6.07) is 46.1. The van der Waals surface area contributed by atoms with Crippen molar-refractivity contribution in [2.45, 2.75) is 0 Å². The van der Waals surface area contributed by atoms with E-state index in [1.165, 1.54) is 10.8 Å². The molecule has 4 heteroatoms. The summed E-state index contributed by atoms with van der Waals surface area (Å²) in [5.41, 5.74) is 6.85. The molecule has 8 rings (SSSR count). The van der Waals surface area contributed by atoms with Crippen molar-refractivity contribution >= 4 is 54.4 Å². The fourth-order valence-electron chi connectivity index (χ4n) is 6.32. The molecule has 0 N–H and O–H groups in total. The predicted octanol–water partition coefficient (Wildman–Crippen LogP) is 8.78. The van der Waals surface area contributed by atoms with Gasteiger partial charge >= 0.3 is 0 Å². The van der Waals surface area contributed by atoms with E-state index in [-0.39, 0.29) is 0 Å². The van der Waals surface area contributed by atoms with Crippen LogP contribution in [-0.2, 0) is 0 Å². The van der Waals surface area contributed by atoms with E-state index < -0.39 is 0 Å². The Balaban J connectivity index is 1.57. The zero-order chi connectivity index (χ0) is 26.8. The van der Waals surface area contributed by atoms with Crippen molar-refractivity contribution in [3.8, 4) is 23.5 Å². The second kappa shape index (κ2) is 8.33. The molecule has 0 radical (unpaired) electrons. The van der Waals surface area contributed by atoms with Crippen LogP contribution in [0.3, 0.4) is 0 Å². The van der Waals surface area contributed by atoms with E-state index in [0.717, 1.165) is 49.3 Å². The fraction of sp³-hybridized carbons (Fsp3) is 0. The lowest BCUT2D eigenvalue weighted by molar-refractivity contribution is 1.15. The molecular weight excluding hydrogens is 488 g/mol. The van der Waals surface area contributed by atoms with Gasteiger partial charge in [-0.3, -0.25) is 0 Å². The van der Waals surface area contributed by atoms with Gasteiger partial charge in [0.25, 0.3) is 0 Å². The molecule has 2 heterocycles. The highest BCUT2D eigenvalue weighted by Crippen LogP contribution is 2.43. The first-order chi connectivity index (χ1) is 19.8. The van der Waals surface area contributed by atoms with Crippen LogP contribution < -0.4 is 0 Å². The standard InChI is InChI=1S/C36H20N4/c37-21-25-10-7-11-26(22-38)36(25)40-31-15-6-4-13-29(31)35-33(40)19-18-32-34(35)28-12-3-5-14-30(28)39(32)27-17-16-23-8-1-2-9-24(23)20-27/h1-20H. The maximum Gasteiger partial charge on any atom is 0.101 e. The van der Waals surface area contributed by atoms with E-state index in [1.807, 2.05) is 6.07 Å². The third-order valence-corrected chi connectivity index (χ3v) is 7.96. The third-order valence-electron chi connectivity index (χ3n) is 7.96. The Morgan fingerprint density at radius 2 is 1.00 bits per heavy atom.